The first-order valence-corrected chi connectivity index (χ1v) is 9.98. The smallest absolute Gasteiger partial charge is 0.191 e. The van der Waals surface area contributed by atoms with Crippen molar-refractivity contribution in [3.8, 4) is 0 Å². The Hall–Kier alpha value is -0.420. The Morgan fingerprint density at radius 1 is 1.33 bits per heavy atom. The maximum Gasteiger partial charge on any atom is 0.191 e. The van der Waals surface area contributed by atoms with Crippen LogP contribution in [0.2, 0.25) is 0 Å². The van der Waals surface area contributed by atoms with Crippen LogP contribution < -0.4 is 10.6 Å². The number of nitrogens with one attached hydrogen (secondary N) is 2. The molecule has 0 saturated carbocycles. The van der Waals surface area contributed by atoms with Crippen LogP contribution in [0, 0.1) is 6.92 Å². The molecule has 1 aliphatic heterocycles. The zero-order chi connectivity index (χ0) is 19.0. The molecule has 0 radical (unpaired) electrons. The van der Waals surface area contributed by atoms with E-state index in [1.54, 1.807) is 0 Å². The van der Waals surface area contributed by atoms with Gasteiger partial charge in [0.2, 0.25) is 0 Å². The minimum Gasteiger partial charge on any atom is -0.387 e. The summed E-state index contributed by atoms with van der Waals surface area (Å²) >= 11 is 3.49. The summed E-state index contributed by atoms with van der Waals surface area (Å²) in [6, 6.07) is 6.21. The monoisotopic (exact) mass is 554 g/mol. The molecule has 27 heavy (non-hydrogen) atoms. The van der Waals surface area contributed by atoms with Crippen LogP contribution in [0.25, 0.3) is 0 Å². The number of aliphatic hydroxyl groups is 1. The molecule has 3 N–H and O–H groups in total. The molecule has 0 bridgehead atoms. The van der Waals surface area contributed by atoms with Gasteiger partial charge in [0.15, 0.2) is 5.96 Å². The molecule has 1 atom stereocenters. The Kier molecular flexibility index (Phi) is 11.1. The van der Waals surface area contributed by atoms with Gasteiger partial charge in [-0.25, -0.2) is 4.99 Å². The van der Waals surface area contributed by atoms with E-state index in [4.69, 9.17) is 4.74 Å². The molecule has 1 aliphatic rings. The molecule has 1 aromatic carbocycles. The molecule has 0 aromatic heterocycles. The standard InChI is InChI=1S/C19H31BrN4O2.HI/c1-4-21-18(22-12-16-5-6-17(20)11-15(16)2)23-13-19(3,25)14-24-7-9-26-10-8-24;/h5-6,11,25H,4,7-10,12-14H2,1-3H3,(H2,21,22,23);1H. The molecule has 1 aromatic rings. The summed E-state index contributed by atoms with van der Waals surface area (Å²) in [6.45, 7) is 11.6. The lowest BCUT2D eigenvalue weighted by Crippen LogP contribution is -2.52. The average molecular weight is 555 g/mol. The van der Waals surface area contributed by atoms with Crippen LogP contribution in [0.4, 0.5) is 0 Å². The molecule has 0 aliphatic carbocycles. The maximum absolute atomic E-state index is 10.7. The molecule has 1 heterocycles. The number of halogens is 2. The number of β-amino-alcohol motifs (C(OH)–C–C–N with tert-alkyl or cyclic N) is 1. The molecule has 2 rings (SSSR count). The molecular weight excluding hydrogens is 523 g/mol. The van der Waals surface area contributed by atoms with E-state index >= 15 is 0 Å². The molecule has 0 amide bonds. The van der Waals surface area contributed by atoms with E-state index in [1.807, 2.05) is 19.9 Å². The fourth-order valence-electron chi connectivity index (χ4n) is 2.91. The normalized spacial score (nSPS) is 17.7. The molecule has 1 saturated heterocycles. The first-order chi connectivity index (χ1) is 12.4. The van der Waals surface area contributed by atoms with Crippen molar-refractivity contribution >= 4 is 45.9 Å². The second-order valence-corrected chi connectivity index (χ2v) is 7.92. The quantitative estimate of drug-likeness (QED) is 0.274. The van der Waals surface area contributed by atoms with Gasteiger partial charge in [-0.3, -0.25) is 4.90 Å². The fraction of sp³-hybridized carbons (Fsp3) is 0.632. The summed E-state index contributed by atoms with van der Waals surface area (Å²) in [6.07, 6.45) is 0. The van der Waals surface area contributed by atoms with Gasteiger partial charge in [0.05, 0.1) is 25.4 Å². The van der Waals surface area contributed by atoms with Crippen LogP contribution in [0.1, 0.15) is 25.0 Å². The van der Waals surface area contributed by atoms with Crippen molar-refractivity contribution in [2.45, 2.75) is 32.9 Å². The number of rotatable bonds is 7. The Bertz CT molecular complexity index is 607. The van der Waals surface area contributed by atoms with Crippen molar-refractivity contribution in [1.29, 1.82) is 0 Å². The van der Waals surface area contributed by atoms with Crippen molar-refractivity contribution < 1.29 is 9.84 Å². The second-order valence-electron chi connectivity index (χ2n) is 7.00. The highest BCUT2D eigenvalue weighted by atomic mass is 127. The largest absolute Gasteiger partial charge is 0.387 e. The van der Waals surface area contributed by atoms with E-state index < -0.39 is 5.60 Å². The Balaban J connectivity index is 0.00000364. The first-order valence-electron chi connectivity index (χ1n) is 9.19. The van der Waals surface area contributed by atoms with Crippen molar-refractivity contribution in [3.63, 3.8) is 0 Å². The van der Waals surface area contributed by atoms with Crippen molar-refractivity contribution in [2.75, 3.05) is 45.9 Å². The topological polar surface area (TPSA) is 69.1 Å². The van der Waals surface area contributed by atoms with Gasteiger partial charge in [-0.15, -0.1) is 24.0 Å². The third kappa shape index (κ3) is 9.08. The van der Waals surface area contributed by atoms with Gasteiger partial charge in [-0.2, -0.15) is 0 Å². The number of guanidine groups is 1. The fourth-order valence-corrected chi connectivity index (χ4v) is 3.39. The molecule has 0 spiro atoms. The molecule has 1 fully saturated rings. The van der Waals surface area contributed by atoms with Gasteiger partial charge >= 0.3 is 0 Å². The van der Waals surface area contributed by atoms with Crippen molar-refractivity contribution in [2.24, 2.45) is 4.99 Å². The van der Waals surface area contributed by atoms with Crippen LogP contribution in [-0.2, 0) is 11.3 Å². The summed E-state index contributed by atoms with van der Waals surface area (Å²) in [4.78, 5) is 6.90. The molecule has 8 heteroatoms. The highest BCUT2D eigenvalue weighted by Gasteiger charge is 2.25. The van der Waals surface area contributed by atoms with Gasteiger partial charge in [-0.1, -0.05) is 22.0 Å². The predicted octanol–water partition coefficient (Wildman–Crippen LogP) is 2.51. The van der Waals surface area contributed by atoms with E-state index in [2.05, 4.69) is 55.5 Å². The number of aryl methyl sites for hydroxylation is 1. The van der Waals surface area contributed by atoms with Crippen molar-refractivity contribution in [1.82, 2.24) is 15.5 Å². The third-order valence-corrected chi connectivity index (χ3v) is 4.85. The summed E-state index contributed by atoms with van der Waals surface area (Å²) in [5.74, 6) is 0.720. The molecular formula is C19H32BrIN4O2. The van der Waals surface area contributed by atoms with E-state index in [0.717, 1.165) is 43.3 Å². The summed E-state index contributed by atoms with van der Waals surface area (Å²) in [5, 5.41) is 17.2. The maximum atomic E-state index is 10.7. The van der Waals surface area contributed by atoms with Crippen LogP contribution in [-0.4, -0.2) is 67.5 Å². The number of aliphatic imine (C=N–C) groups is 1. The van der Waals surface area contributed by atoms with Crippen LogP contribution in [0.5, 0.6) is 0 Å². The second kappa shape index (κ2) is 12.2. The summed E-state index contributed by atoms with van der Waals surface area (Å²) in [5.41, 5.74) is 1.56. The van der Waals surface area contributed by atoms with Crippen molar-refractivity contribution in [3.05, 3.63) is 33.8 Å². The van der Waals surface area contributed by atoms with Gasteiger partial charge in [-0.05, 0) is 44.0 Å². The number of hydrogen-bond acceptors (Lipinski definition) is 4. The third-order valence-electron chi connectivity index (χ3n) is 4.36. The Labute approximate surface area is 188 Å². The number of hydrogen-bond donors (Lipinski definition) is 3. The summed E-state index contributed by atoms with van der Waals surface area (Å²) in [7, 11) is 0. The highest BCUT2D eigenvalue weighted by molar-refractivity contribution is 14.0. The number of morpholine rings is 1. The van der Waals surface area contributed by atoms with Crippen LogP contribution in [0.3, 0.4) is 0 Å². The molecule has 154 valence electrons. The first kappa shape index (κ1) is 24.6. The van der Waals surface area contributed by atoms with Crippen LogP contribution >= 0.6 is 39.9 Å². The van der Waals surface area contributed by atoms with E-state index in [1.165, 1.54) is 11.1 Å². The number of nitrogens with zero attached hydrogens (tertiary/aromatic N) is 2. The zero-order valence-corrected chi connectivity index (χ0v) is 20.3. The lowest BCUT2D eigenvalue weighted by molar-refractivity contribution is -0.0201. The molecule has 1 unspecified atom stereocenters. The lowest BCUT2D eigenvalue weighted by Gasteiger charge is -2.34. The Morgan fingerprint density at radius 2 is 2.04 bits per heavy atom. The van der Waals surface area contributed by atoms with Gasteiger partial charge < -0.3 is 20.5 Å². The minimum atomic E-state index is -0.832. The van der Waals surface area contributed by atoms with E-state index in [9.17, 15) is 5.11 Å². The van der Waals surface area contributed by atoms with E-state index in [0.29, 0.717) is 19.6 Å². The average Bonchev–Trinajstić information content (AvgIpc) is 2.59. The van der Waals surface area contributed by atoms with Gasteiger partial charge in [0.1, 0.15) is 0 Å². The van der Waals surface area contributed by atoms with Crippen LogP contribution in [0.15, 0.2) is 27.7 Å². The summed E-state index contributed by atoms with van der Waals surface area (Å²) < 4.78 is 6.44. The van der Waals surface area contributed by atoms with E-state index in [-0.39, 0.29) is 24.0 Å². The minimum absolute atomic E-state index is 0. The van der Waals surface area contributed by atoms with Gasteiger partial charge in [0.25, 0.3) is 0 Å². The predicted molar refractivity (Wildman–Crippen MR) is 125 cm³/mol. The lowest BCUT2D eigenvalue weighted by atomic mass is 10.1. The number of benzene rings is 1. The van der Waals surface area contributed by atoms with Gasteiger partial charge in [0, 0.05) is 37.2 Å². The highest BCUT2D eigenvalue weighted by Crippen LogP contribution is 2.16. The number of ether oxygens (including phenoxy) is 1. The SMILES string of the molecule is CCNC(=NCc1ccc(Br)cc1C)NCC(C)(O)CN1CCOCC1.I. The molecule has 6 nitrogen and oxygen atoms in total. The zero-order valence-electron chi connectivity index (χ0n) is 16.4. The Morgan fingerprint density at radius 3 is 2.67 bits per heavy atom.